The summed E-state index contributed by atoms with van der Waals surface area (Å²) in [5.41, 5.74) is 0. The lowest BCUT2D eigenvalue weighted by atomic mass is 10.1. The van der Waals surface area contributed by atoms with Gasteiger partial charge in [0, 0.05) is 40.6 Å². The fourth-order valence-corrected chi connectivity index (χ4v) is 5.95. The van der Waals surface area contributed by atoms with Gasteiger partial charge in [-0.05, 0) is 89.2 Å². The van der Waals surface area contributed by atoms with Crippen molar-refractivity contribution in [3.05, 3.63) is 24.3 Å². The second-order valence-corrected chi connectivity index (χ2v) is 14.1. The first-order valence-corrected chi connectivity index (χ1v) is 21.7. The summed E-state index contributed by atoms with van der Waals surface area (Å²) in [5, 5.41) is 0. The smallest absolute Gasteiger partial charge is 0.179 e. The maximum absolute atomic E-state index is 6.00. The molecular formula is C44H86O7. The molecule has 0 spiro atoms. The number of methoxy groups -OCH3 is 2. The quantitative estimate of drug-likeness (QED) is 0.0352. The first-order chi connectivity index (χ1) is 25.1. The van der Waals surface area contributed by atoms with Crippen LogP contribution in [0.15, 0.2) is 24.3 Å². The number of rotatable bonds is 42. The highest BCUT2D eigenvalue weighted by molar-refractivity contribution is 4.89. The van der Waals surface area contributed by atoms with E-state index in [2.05, 4.69) is 39.8 Å². The Labute approximate surface area is 317 Å². The van der Waals surface area contributed by atoms with E-state index >= 15 is 0 Å². The van der Waals surface area contributed by atoms with Crippen molar-refractivity contribution in [3.8, 4) is 0 Å². The van der Waals surface area contributed by atoms with E-state index in [-0.39, 0.29) is 12.6 Å². The van der Waals surface area contributed by atoms with E-state index in [1.54, 1.807) is 14.2 Å². The first kappa shape index (κ1) is 50.2. The van der Waals surface area contributed by atoms with Crippen molar-refractivity contribution < 1.29 is 33.2 Å². The molecule has 304 valence electrons. The highest BCUT2D eigenvalue weighted by Crippen LogP contribution is 2.16. The fourth-order valence-electron chi connectivity index (χ4n) is 5.95. The van der Waals surface area contributed by atoms with Gasteiger partial charge in [-0.25, -0.2) is 0 Å². The Kier molecular flexibility index (Phi) is 41.3. The molecule has 2 atom stereocenters. The molecule has 0 N–H and O–H groups in total. The van der Waals surface area contributed by atoms with Crippen LogP contribution in [0.2, 0.25) is 0 Å². The van der Waals surface area contributed by atoms with Crippen molar-refractivity contribution in [1.29, 1.82) is 0 Å². The van der Waals surface area contributed by atoms with Crippen LogP contribution in [0.5, 0.6) is 0 Å². The summed E-state index contributed by atoms with van der Waals surface area (Å²) < 4.78 is 40.4. The molecule has 0 bridgehead atoms. The third kappa shape index (κ3) is 36.0. The van der Waals surface area contributed by atoms with Crippen LogP contribution in [0.3, 0.4) is 0 Å². The topological polar surface area (TPSA) is 64.6 Å². The Morgan fingerprint density at radius 2 is 0.647 bits per heavy atom. The molecule has 0 aromatic carbocycles. The lowest BCUT2D eigenvalue weighted by Gasteiger charge is -2.18. The molecular weight excluding hydrogens is 640 g/mol. The van der Waals surface area contributed by atoms with E-state index in [0.717, 1.165) is 77.8 Å². The Balaban J connectivity index is 3.79. The number of unbranched alkanes of at least 4 members (excludes halogenated alkanes) is 18. The van der Waals surface area contributed by atoms with Crippen molar-refractivity contribution in [1.82, 2.24) is 0 Å². The molecule has 0 rings (SSSR count). The van der Waals surface area contributed by atoms with Gasteiger partial charge in [0.1, 0.15) is 0 Å². The van der Waals surface area contributed by atoms with E-state index in [1.807, 2.05) is 12.2 Å². The molecule has 0 aromatic rings. The van der Waals surface area contributed by atoms with Crippen LogP contribution in [0.25, 0.3) is 0 Å². The van der Waals surface area contributed by atoms with Crippen LogP contribution in [0, 0.1) is 0 Å². The molecule has 7 nitrogen and oxygen atoms in total. The van der Waals surface area contributed by atoms with E-state index in [1.165, 1.54) is 116 Å². The van der Waals surface area contributed by atoms with Crippen molar-refractivity contribution in [3.63, 3.8) is 0 Å². The molecule has 0 aromatic heterocycles. The van der Waals surface area contributed by atoms with E-state index < -0.39 is 12.6 Å². The fraction of sp³-hybridized carbons (Fsp3) is 0.909. The average Bonchev–Trinajstić information content (AvgIpc) is 3.15. The lowest BCUT2D eigenvalue weighted by Crippen LogP contribution is -2.22. The molecule has 0 saturated carbocycles. The summed E-state index contributed by atoms with van der Waals surface area (Å²) in [5.74, 6) is 0. The zero-order valence-corrected chi connectivity index (χ0v) is 34.7. The standard InChI is InChI=1S/C44H86O7/c1-7-37-47-43(48-38-8-2)35-31-27-23-19-15-11-13-17-21-25-29-33-41(45-5)51-42(46-6)34-30-26-22-18-14-12-16-20-24-28-32-36-44(49-39-9-3)50-40-10-4/h29-30,33-34,41-44H,7-28,31-32,35-40H2,1-6H3. The Bertz CT molecular complexity index is 642. The third-order valence-corrected chi connectivity index (χ3v) is 8.97. The van der Waals surface area contributed by atoms with Gasteiger partial charge in [-0.2, -0.15) is 0 Å². The summed E-state index contributed by atoms with van der Waals surface area (Å²) in [4.78, 5) is 0. The van der Waals surface area contributed by atoms with Gasteiger partial charge in [-0.3, -0.25) is 0 Å². The number of allylic oxidation sites excluding steroid dienone is 2. The van der Waals surface area contributed by atoms with Gasteiger partial charge in [0.05, 0.1) is 0 Å². The monoisotopic (exact) mass is 727 g/mol. The molecule has 51 heavy (non-hydrogen) atoms. The molecule has 0 amide bonds. The molecule has 0 aliphatic rings. The number of hydrogen-bond acceptors (Lipinski definition) is 7. The molecule has 0 aliphatic carbocycles. The predicted octanol–water partition coefficient (Wildman–Crippen LogP) is 13.0. The second-order valence-electron chi connectivity index (χ2n) is 14.1. The molecule has 0 radical (unpaired) electrons. The summed E-state index contributed by atoms with van der Waals surface area (Å²) >= 11 is 0. The van der Waals surface area contributed by atoms with Gasteiger partial charge < -0.3 is 33.2 Å². The molecule has 2 unspecified atom stereocenters. The van der Waals surface area contributed by atoms with Crippen molar-refractivity contribution >= 4 is 0 Å². The minimum atomic E-state index is -0.392. The van der Waals surface area contributed by atoms with Crippen LogP contribution in [-0.2, 0) is 33.2 Å². The minimum absolute atomic E-state index is 0.00338. The Hall–Kier alpha value is -0.800. The van der Waals surface area contributed by atoms with Gasteiger partial charge in [0.25, 0.3) is 0 Å². The summed E-state index contributed by atoms with van der Waals surface area (Å²) in [6.07, 6.45) is 39.3. The van der Waals surface area contributed by atoms with Crippen molar-refractivity contribution in [2.45, 2.75) is 220 Å². The van der Waals surface area contributed by atoms with Crippen molar-refractivity contribution in [2.24, 2.45) is 0 Å². The molecule has 0 fully saturated rings. The van der Waals surface area contributed by atoms with Crippen molar-refractivity contribution in [2.75, 3.05) is 40.6 Å². The van der Waals surface area contributed by atoms with E-state index in [9.17, 15) is 0 Å². The maximum atomic E-state index is 6.00. The summed E-state index contributed by atoms with van der Waals surface area (Å²) in [7, 11) is 3.37. The van der Waals surface area contributed by atoms with Gasteiger partial charge in [0.15, 0.2) is 25.2 Å². The average molecular weight is 727 g/mol. The van der Waals surface area contributed by atoms with Crippen LogP contribution < -0.4 is 0 Å². The Morgan fingerprint density at radius 3 is 0.922 bits per heavy atom. The van der Waals surface area contributed by atoms with E-state index in [4.69, 9.17) is 33.2 Å². The second kappa shape index (κ2) is 41.9. The highest BCUT2D eigenvalue weighted by atomic mass is 16.8. The third-order valence-electron chi connectivity index (χ3n) is 8.97. The van der Waals surface area contributed by atoms with Crippen LogP contribution in [0.4, 0.5) is 0 Å². The highest BCUT2D eigenvalue weighted by Gasteiger charge is 2.11. The van der Waals surface area contributed by atoms with Crippen LogP contribution in [0.1, 0.15) is 195 Å². The van der Waals surface area contributed by atoms with E-state index in [0.29, 0.717) is 0 Å². The zero-order chi connectivity index (χ0) is 37.3. The molecule has 0 saturated heterocycles. The minimum Gasteiger partial charge on any atom is -0.353 e. The van der Waals surface area contributed by atoms with Crippen LogP contribution >= 0.6 is 0 Å². The summed E-state index contributed by atoms with van der Waals surface area (Å²) in [6.45, 7) is 11.8. The van der Waals surface area contributed by atoms with Gasteiger partial charge in [0.2, 0.25) is 0 Å². The lowest BCUT2D eigenvalue weighted by molar-refractivity contribution is -0.188. The van der Waals surface area contributed by atoms with Gasteiger partial charge in [-0.15, -0.1) is 0 Å². The molecule has 0 aliphatic heterocycles. The van der Waals surface area contributed by atoms with Gasteiger partial charge in [-0.1, -0.05) is 130 Å². The molecule has 7 heteroatoms. The normalized spacial score (nSPS) is 13.5. The molecule has 0 heterocycles. The zero-order valence-electron chi connectivity index (χ0n) is 34.7. The first-order valence-electron chi connectivity index (χ1n) is 21.7. The number of hydrogen-bond donors (Lipinski definition) is 0. The maximum Gasteiger partial charge on any atom is 0.179 e. The predicted molar refractivity (Wildman–Crippen MR) is 215 cm³/mol. The van der Waals surface area contributed by atoms with Gasteiger partial charge >= 0.3 is 0 Å². The Morgan fingerprint density at radius 1 is 0.373 bits per heavy atom. The largest absolute Gasteiger partial charge is 0.353 e. The number of ether oxygens (including phenoxy) is 7. The van der Waals surface area contributed by atoms with Crippen LogP contribution in [-0.4, -0.2) is 65.8 Å². The SMILES string of the molecule is CCCOC(CCCCCCCCCCCC=CC(OC)OC(C=CCCCCCCCCCCCC(OCCC)OCCC)OC)OCCC. The summed E-state index contributed by atoms with van der Waals surface area (Å²) in [6, 6.07) is 0.